The van der Waals surface area contributed by atoms with Gasteiger partial charge in [0.05, 0.1) is 5.41 Å². The topological polar surface area (TPSA) is 69.6 Å². The lowest BCUT2D eigenvalue weighted by Crippen LogP contribution is -2.42. The zero-order valence-electron chi connectivity index (χ0n) is 11.1. The molecule has 0 aliphatic heterocycles. The smallest absolute Gasteiger partial charge is 0.321 e. The van der Waals surface area contributed by atoms with Gasteiger partial charge in [0.25, 0.3) is 0 Å². The highest BCUT2D eigenvalue weighted by Crippen LogP contribution is 2.45. The van der Waals surface area contributed by atoms with Gasteiger partial charge in [-0.1, -0.05) is 18.2 Å². The molecule has 1 aliphatic carbocycles. The summed E-state index contributed by atoms with van der Waals surface area (Å²) in [6.07, 6.45) is 1.27. The predicted molar refractivity (Wildman–Crippen MR) is 72.3 cm³/mol. The Labute approximate surface area is 112 Å². The van der Waals surface area contributed by atoms with Crippen molar-refractivity contribution < 1.29 is 14.7 Å². The summed E-state index contributed by atoms with van der Waals surface area (Å²) in [6.45, 7) is 2.12. The fraction of sp³-hybridized carbons (Fsp3) is 0.429. The van der Waals surface area contributed by atoms with E-state index in [-0.39, 0.29) is 12.6 Å². The molecule has 0 aromatic heterocycles. The van der Waals surface area contributed by atoms with Gasteiger partial charge in [0.1, 0.15) is 0 Å². The van der Waals surface area contributed by atoms with Crippen LogP contribution in [0.25, 0.3) is 0 Å². The maximum Gasteiger partial charge on any atom is 0.321 e. The first kappa shape index (κ1) is 13.4. The van der Waals surface area contributed by atoms with Crippen molar-refractivity contribution in [2.24, 2.45) is 5.41 Å². The van der Waals surface area contributed by atoms with Gasteiger partial charge in [-0.3, -0.25) is 9.69 Å². The average Bonchev–Trinajstić information content (AvgIpc) is 3.17. The Morgan fingerprint density at radius 3 is 2.53 bits per heavy atom. The molecule has 19 heavy (non-hydrogen) atoms. The number of para-hydroxylation sites is 1. The molecule has 0 bridgehead atoms. The number of anilines is 1. The third-order valence-corrected chi connectivity index (χ3v) is 3.67. The number of carbonyl (C=O) groups is 2. The zero-order chi connectivity index (χ0) is 14.0. The van der Waals surface area contributed by atoms with E-state index in [0.29, 0.717) is 12.8 Å². The minimum absolute atomic E-state index is 0.192. The molecule has 102 valence electrons. The van der Waals surface area contributed by atoms with Crippen molar-refractivity contribution in [2.75, 3.05) is 18.5 Å². The number of nitrogens with zero attached hydrogens (tertiary/aromatic N) is 1. The summed E-state index contributed by atoms with van der Waals surface area (Å²) in [7, 11) is 1.68. The minimum atomic E-state index is -0.827. The average molecular weight is 262 g/mol. The first-order chi connectivity index (χ1) is 8.96. The molecule has 0 atom stereocenters. The second-order valence-electron chi connectivity index (χ2n) is 5.09. The second-order valence-corrected chi connectivity index (χ2v) is 5.09. The summed E-state index contributed by atoms with van der Waals surface area (Å²) < 4.78 is 0. The summed E-state index contributed by atoms with van der Waals surface area (Å²) in [5.41, 5.74) is 1.09. The second kappa shape index (κ2) is 4.91. The number of carboxylic acids is 1. The third-order valence-electron chi connectivity index (χ3n) is 3.67. The lowest BCUT2D eigenvalue weighted by Gasteiger charge is -2.21. The lowest BCUT2D eigenvalue weighted by atomic mass is 10.1. The summed E-state index contributed by atoms with van der Waals surface area (Å²) in [4.78, 5) is 24.5. The number of rotatable bonds is 4. The third kappa shape index (κ3) is 2.70. The van der Waals surface area contributed by atoms with E-state index in [9.17, 15) is 9.59 Å². The van der Waals surface area contributed by atoms with E-state index >= 15 is 0 Å². The number of aliphatic carboxylic acids is 1. The van der Waals surface area contributed by atoms with Gasteiger partial charge in [-0.25, -0.2) is 4.79 Å². The van der Waals surface area contributed by atoms with Crippen LogP contribution >= 0.6 is 0 Å². The lowest BCUT2D eigenvalue weighted by molar-refractivity contribution is -0.143. The normalized spacial score (nSPS) is 15.7. The van der Waals surface area contributed by atoms with Gasteiger partial charge in [-0.15, -0.1) is 0 Å². The van der Waals surface area contributed by atoms with Crippen LogP contribution in [-0.2, 0) is 4.79 Å². The molecular formula is C14H18N2O3. The monoisotopic (exact) mass is 262 g/mol. The minimum Gasteiger partial charge on any atom is -0.481 e. The molecule has 1 saturated carbocycles. The van der Waals surface area contributed by atoms with Crippen LogP contribution in [-0.4, -0.2) is 30.7 Å². The van der Waals surface area contributed by atoms with Gasteiger partial charge in [-0.2, -0.15) is 0 Å². The highest BCUT2D eigenvalue weighted by molar-refractivity contribution is 5.92. The summed E-state index contributed by atoms with van der Waals surface area (Å²) in [5.74, 6) is -0.827. The molecule has 2 rings (SSSR count). The van der Waals surface area contributed by atoms with E-state index in [1.54, 1.807) is 7.05 Å². The van der Waals surface area contributed by atoms with E-state index in [1.165, 1.54) is 4.90 Å². The summed E-state index contributed by atoms with van der Waals surface area (Å²) in [5, 5.41) is 11.7. The standard InChI is InChI=1S/C14H18N2O3/c1-10-5-3-4-6-11(10)16(2)13(19)15-9-14(7-8-14)12(17)18/h3-6H,7-9H2,1-2H3,(H,15,19)(H,17,18). The highest BCUT2D eigenvalue weighted by Gasteiger charge is 2.50. The Morgan fingerprint density at radius 1 is 1.37 bits per heavy atom. The maximum atomic E-state index is 12.0. The van der Waals surface area contributed by atoms with Gasteiger partial charge in [-0.05, 0) is 31.4 Å². The van der Waals surface area contributed by atoms with Gasteiger partial charge in [0.15, 0.2) is 0 Å². The molecule has 1 aromatic rings. The molecular weight excluding hydrogens is 244 g/mol. The van der Waals surface area contributed by atoms with Crippen LogP contribution in [0.3, 0.4) is 0 Å². The van der Waals surface area contributed by atoms with Crippen LogP contribution in [0.1, 0.15) is 18.4 Å². The molecule has 2 N–H and O–H groups in total. The van der Waals surface area contributed by atoms with Crippen molar-refractivity contribution in [2.45, 2.75) is 19.8 Å². The predicted octanol–water partition coefficient (Wildman–Crippen LogP) is 2.01. The molecule has 1 aliphatic rings. The van der Waals surface area contributed by atoms with Crippen LogP contribution in [0.5, 0.6) is 0 Å². The van der Waals surface area contributed by atoms with Gasteiger partial charge in [0, 0.05) is 19.3 Å². The van der Waals surface area contributed by atoms with Gasteiger partial charge < -0.3 is 10.4 Å². The fourth-order valence-electron chi connectivity index (χ4n) is 2.03. The van der Waals surface area contributed by atoms with E-state index in [2.05, 4.69) is 5.32 Å². The van der Waals surface area contributed by atoms with Gasteiger partial charge >= 0.3 is 12.0 Å². The number of nitrogens with one attached hydrogen (secondary N) is 1. The first-order valence-electron chi connectivity index (χ1n) is 6.27. The van der Waals surface area contributed by atoms with Crippen molar-refractivity contribution in [1.29, 1.82) is 0 Å². The molecule has 1 aromatic carbocycles. The molecule has 0 radical (unpaired) electrons. The molecule has 5 nitrogen and oxygen atoms in total. The number of hydrogen-bond donors (Lipinski definition) is 2. The molecule has 0 saturated heterocycles. The number of aryl methyl sites for hydroxylation is 1. The van der Waals surface area contributed by atoms with Gasteiger partial charge in [0.2, 0.25) is 0 Å². The highest BCUT2D eigenvalue weighted by atomic mass is 16.4. The number of carbonyl (C=O) groups excluding carboxylic acids is 1. The molecule has 5 heteroatoms. The Morgan fingerprint density at radius 2 is 2.00 bits per heavy atom. The van der Waals surface area contributed by atoms with E-state index in [4.69, 9.17) is 5.11 Å². The molecule has 0 heterocycles. The summed E-state index contributed by atoms with van der Waals surface area (Å²) >= 11 is 0. The largest absolute Gasteiger partial charge is 0.481 e. The fourth-order valence-corrected chi connectivity index (χ4v) is 2.03. The van der Waals surface area contributed by atoms with Crippen molar-refractivity contribution in [3.05, 3.63) is 29.8 Å². The number of carboxylic acid groups (broad SMARTS) is 1. The van der Waals surface area contributed by atoms with E-state index < -0.39 is 11.4 Å². The first-order valence-corrected chi connectivity index (χ1v) is 6.27. The van der Waals surface area contributed by atoms with Crippen molar-refractivity contribution in [3.8, 4) is 0 Å². The Hall–Kier alpha value is -2.04. The molecule has 2 amide bonds. The van der Waals surface area contributed by atoms with E-state index in [0.717, 1.165) is 11.3 Å². The Kier molecular flexibility index (Phi) is 3.46. The van der Waals surface area contributed by atoms with Crippen LogP contribution < -0.4 is 10.2 Å². The maximum absolute atomic E-state index is 12.0. The quantitative estimate of drug-likeness (QED) is 0.872. The van der Waals surface area contributed by atoms with Crippen LogP contribution in [0.15, 0.2) is 24.3 Å². The number of urea groups is 1. The summed E-state index contributed by atoms with van der Waals surface area (Å²) in [6, 6.07) is 7.29. The number of benzene rings is 1. The Balaban J connectivity index is 1.97. The van der Waals surface area contributed by atoms with Crippen LogP contribution in [0.2, 0.25) is 0 Å². The van der Waals surface area contributed by atoms with Crippen molar-refractivity contribution >= 4 is 17.7 Å². The van der Waals surface area contributed by atoms with Crippen molar-refractivity contribution in [1.82, 2.24) is 5.32 Å². The number of hydrogen-bond acceptors (Lipinski definition) is 2. The number of amides is 2. The van der Waals surface area contributed by atoms with Crippen LogP contribution in [0, 0.1) is 12.3 Å². The molecule has 0 unspecified atom stereocenters. The Bertz CT molecular complexity index is 509. The zero-order valence-corrected chi connectivity index (χ0v) is 11.1. The van der Waals surface area contributed by atoms with Crippen LogP contribution in [0.4, 0.5) is 10.5 Å². The molecule has 0 spiro atoms. The van der Waals surface area contributed by atoms with E-state index in [1.807, 2.05) is 31.2 Å². The SMILES string of the molecule is Cc1ccccc1N(C)C(=O)NCC1(C(=O)O)CC1. The van der Waals surface area contributed by atoms with Crippen molar-refractivity contribution in [3.63, 3.8) is 0 Å². The molecule has 1 fully saturated rings.